The number of likely N-dealkylation sites (N-methyl/N-ethyl adjacent to an activating group) is 1. The second-order valence-corrected chi connectivity index (χ2v) is 12.4. The predicted molar refractivity (Wildman–Crippen MR) is 147 cm³/mol. The number of thioether (sulfide) groups is 1. The van der Waals surface area contributed by atoms with Crippen molar-refractivity contribution in [1.82, 2.24) is 30.7 Å². The monoisotopic (exact) mass is 585 g/mol. The maximum Gasteiger partial charge on any atom is 0.326 e. The van der Waals surface area contributed by atoms with E-state index in [4.69, 9.17) is 10.2 Å². The highest BCUT2D eigenvalue weighted by Crippen LogP contribution is 2.50. The normalized spacial score (nSPS) is 24.9. The van der Waals surface area contributed by atoms with Gasteiger partial charge in [-0.25, -0.2) is 4.79 Å². The largest absolute Gasteiger partial charge is 0.464 e. The molecule has 3 aliphatic rings. The van der Waals surface area contributed by atoms with Gasteiger partial charge < -0.3 is 30.2 Å². The van der Waals surface area contributed by atoms with Gasteiger partial charge in [-0.15, -0.1) is 11.8 Å². The summed E-state index contributed by atoms with van der Waals surface area (Å²) in [5.74, 6) is -3.10. The lowest BCUT2D eigenvalue weighted by Crippen LogP contribution is -2.74. The summed E-state index contributed by atoms with van der Waals surface area (Å²) >= 11 is 1.48. The highest BCUT2D eigenvalue weighted by Gasteiger charge is 2.62. The number of nitrogens with zero attached hydrogens (tertiary/aromatic N) is 3. The molecule has 15 heteroatoms. The molecule has 0 radical (unpaired) electrons. The first-order chi connectivity index (χ1) is 19.4. The molecule has 0 aliphatic carbocycles. The predicted octanol–water partition coefficient (Wildman–Crippen LogP) is -0.762. The molecule has 4 atom stereocenters. The number of carbonyl (C=O) groups is 6. The van der Waals surface area contributed by atoms with Crippen LogP contribution in [0.2, 0.25) is 0 Å². The van der Waals surface area contributed by atoms with Crippen LogP contribution in [0.1, 0.15) is 26.3 Å². The summed E-state index contributed by atoms with van der Waals surface area (Å²) in [6.45, 7) is 6.24. The molecule has 2 aromatic rings. The van der Waals surface area contributed by atoms with Crippen molar-refractivity contribution in [3.05, 3.63) is 36.1 Å². The van der Waals surface area contributed by atoms with Crippen LogP contribution in [0.25, 0.3) is 11.0 Å². The van der Waals surface area contributed by atoms with Crippen LogP contribution in [-0.2, 0) is 29.6 Å². The number of rotatable bonds is 8. The number of hydrogen-bond acceptors (Lipinski definition) is 9. The zero-order chi connectivity index (χ0) is 29.7. The lowest BCUT2D eigenvalue weighted by atomic mass is 9.94. The van der Waals surface area contributed by atoms with Crippen molar-refractivity contribution < 1.29 is 33.2 Å². The first-order valence-electron chi connectivity index (χ1n) is 13.1. The Hall–Kier alpha value is -4.11. The Morgan fingerprint density at radius 3 is 2.66 bits per heavy atom. The van der Waals surface area contributed by atoms with E-state index in [1.54, 1.807) is 30.0 Å². The lowest BCUT2D eigenvalue weighted by Gasteiger charge is -2.46. The molecule has 14 nitrogen and oxygen atoms in total. The number of amides is 7. The van der Waals surface area contributed by atoms with Crippen molar-refractivity contribution in [2.75, 3.05) is 26.2 Å². The van der Waals surface area contributed by atoms with Gasteiger partial charge in [-0.2, -0.15) is 0 Å². The summed E-state index contributed by atoms with van der Waals surface area (Å²) in [6, 6.07) is 4.03. The molecule has 1 aromatic heterocycles. The number of hydrogen-bond donors (Lipinski definition) is 4. The smallest absolute Gasteiger partial charge is 0.326 e. The molecular weight excluding hydrogens is 554 g/mol. The van der Waals surface area contributed by atoms with Gasteiger partial charge in [0, 0.05) is 41.9 Å². The fraction of sp³-hybridized carbons (Fsp3) is 0.462. The first-order valence-corrected chi connectivity index (χ1v) is 14.0. The molecule has 4 heterocycles. The Kier molecular flexibility index (Phi) is 7.19. The molecule has 5 N–H and O–H groups in total. The highest BCUT2D eigenvalue weighted by atomic mass is 32.2. The van der Waals surface area contributed by atoms with Crippen molar-refractivity contribution in [3.8, 4) is 0 Å². The minimum atomic E-state index is -2.23. The van der Waals surface area contributed by atoms with Gasteiger partial charge in [0.2, 0.25) is 12.3 Å². The van der Waals surface area contributed by atoms with E-state index < -0.39 is 45.6 Å². The van der Waals surface area contributed by atoms with E-state index in [0.717, 1.165) is 4.90 Å². The molecule has 1 aromatic carbocycles. The maximum absolute atomic E-state index is 13.9. The first kappa shape index (κ1) is 28.4. The van der Waals surface area contributed by atoms with Gasteiger partial charge in [0.15, 0.2) is 5.66 Å². The summed E-state index contributed by atoms with van der Waals surface area (Å²) in [4.78, 5) is 80.0. The molecule has 0 bridgehead atoms. The van der Waals surface area contributed by atoms with E-state index >= 15 is 0 Å². The summed E-state index contributed by atoms with van der Waals surface area (Å²) in [6.07, 6.45) is 2.03. The fourth-order valence-corrected chi connectivity index (χ4v) is 7.10. The summed E-state index contributed by atoms with van der Waals surface area (Å²) in [5.41, 5.74) is 5.08. The minimum Gasteiger partial charge on any atom is -0.464 e. The van der Waals surface area contributed by atoms with Crippen LogP contribution < -0.4 is 21.7 Å². The average molecular weight is 586 g/mol. The van der Waals surface area contributed by atoms with Crippen molar-refractivity contribution in [1.29, 1.82) is 0 Å². The molecule has 7 amide bonds. The number of fused-ring (bicyclic) bond motifs is 2. The zero-order valence-electron chi connectivity index (χ0n) is 22.7. The van der Waals surface area contributed by atoms with Crippen molar-refractivity contribution in [2.24, 2.45) is 5.73 Å². The van der Waals surface area contributed by atoms with Gasteiger partial charge in [0.05, 0.1) is 12.3 Å². The average Bonchev–Trinajstić information content (AvgIpc) is 3.51. The van der Waals surface area contributed by atoms with E-state index in [9.17, 15) is 28.8 Å². The zero-order valence-corrected chi connectivity index (χ0v) is 23.5. The molecule has 3 saturated heterocycles. The molecule has 0 saturated carbocycles. The third-order valence-electron chi connectivity index (χ3n) is 7.83. The molecule has 218 valence electrons. The van der Waals surface area contributed by atoms with Gasteiger partial charge in [-0.05, 0) is 39.0 Å². The van der Waals surface area contributed by atoms with Crippen molar-refractivity contribution in [3.63, 3.8) is 0 Å². The molecule has 3 fully saturated rings. The van der Waals surface area contributed by atoms with E-state index in [-0.39, 0.29) is 37.1 Å². The number of carbonyl (C=O) groups excluding carboxylic acids is 6. The SMILES string of the molecule is CCN1CCN(C(=O)NC(N)(C(=O)N[C@H]2C(=O)N3[C@@H]2SC(C)(C)[C@@H]3CNC=O)c2ccc3occc3c2)C(=O)C1=O. The van der Waals surface area contributed by atoms with Crippen LogP contribution in [0.15, 0.2) is 34.9 Å². The number of urea groups is 1. The Balaban J connectivity index is 1.41. The fourth-order valence-electron chi connectivity index (χ4n) is 5.44. The number of β-lactam (4-membered cyclic amide) rings is 1. The van der Waals surface area contributed by atoms with Crippen molar-refractivity contribution >= 4 is 58.8 Å². The second-order valence-electron chi connectivity index (χ2n) is 10.6. The number of furan rings is 1. The Labute approximate surface area is 239 Å². The van der Waals surface area contributed by atoms with Crippen LogP contribution >= 0.6 is 11.8 Å². The van der Waals surface area contributed by atoms with E-state index in [2.05, 4.69) is 16.0 Å². The van der Waals surface area contributed by atoms with Crippen molar-refractivity contribution in [2.45, 2.75) is 48.6 Å². The quantitative estimate of drug-likeness (QED) is 0.134. The Morgan fingerprint density at radius 2 is 1.95 bits per heavy atom. The molecular formula is C26H31N7O7S. The summed E-state index contributed by atoms with van der Waals surface area (Å²) < 4.78 is 4.96. The second kappa shape index (κ2) is 10.4. The Bertz CT molecular complexity index is 1440. The number of nitrogens with two attached hydrogens (primary N) is 1. The van der Waals surface area contributed by atoms with Gasteiger partial charge >= 0.3 is 17.8 Å². The maximum atomic E-state index is 13.9. The van der Waals surface area contributed by atoms with Gasteiger partial charge in [0.1, 0.15) is 17.0 Å². The lowest BCUT2D eigenvalue weighted by molar-refractivity contribution is -0.153. The number of nitrogens with one attached hydrogen (secondary N) is 3. The van der Waals surface area contributed by atoms with E-state index in [1.807, 2.05) is 13.8 Å². The summed E-state index contributed by atoms with van der Waals surface area (Å²) in [7, 11) is 0. The van der Waals surface area contributed by atoms with Gasteiger partial charge in [-0.3, -0.25) is 34.6 Å². The molecule has 1 unspecified atom stereocenters. The Morgan fingerprint density at radius 1 is 1.20 bits per heavy atom. The highest BCUT2D eigenvalue weighted by molar-refractivity contribution is 8.01. The van der Waals surface area contributed by atoms with E-state index in [0.29, 0.717) is 23.9 Å². The molecule has 41 heavy (non-hydrogen) atoms. The third kappa shape index (κ3) is 4.68. The minimum absolute atomic E-state index is 0.0806. The van der Waals surface area contributed by atoms with Crippen LogP contribution in [0, 0.1) is 0 Å². The number of imide groups is 1. The topological polar surface area (TPSA) is 187 Å². The summed E-state index contributed by atoms with van der Waals surface area (Å²) in [5, 5.41) is 7.95. The van der Waals surface area contributed by atoms with Crippen LogP contribution in [-0.4, -0.2) is 99.2 Å². The van der Waals surface area contributed by atoms with E-state index in [1.165, 1.54) is 29.0 Å². The van der Waals surface area contributed by atoms with Crippen LogP contribution in [0.4, 0.5) is 4.79 Å². The number of benzene rings is 1. The van der Waals surface area contributed by atoms with Crippen LogP contribution in [0.3, 0.4) is 0 Å². The van der Waals surface area contributed by atoms with Gasteiger partial charge in [0.25, 0.3) is 5.91 Å². The molecule has 5 rings (SSSR count). The molecule has 0 spiro atoms. The van der Waals surface area contributed by atoms with Crippen LogP contribution in [0.5, 0.6) is 0 Å². The standard InChI is InChI=1S/C26H31N7O7S/c1-4-31-8-9-32(21(37)20(31)36)24(39)30-26(27,15-5-6-16-14(11-15)7-10-40-16)23(38)29-18-19(35)33-17(12-28-13-34)25(2,3)41-22(18)33/h5-7,10-11,13,17-18,22H,4,8-9,12,27H2,1-3H3,(H,28,34)(H,29,38)(H,30,39)/t17-,18-,22+,26?/m0/s1. The number of piperazine rings is 1. The third-order valence-corrected chi connectivity index (χ3v) is 9.45. The van der Waals surface area contributed by atoms with Gasteiger partial charge in [-0.1, -0.05) is 6.07 Å². The molecule has 3 aliphatic heterocycles.